The maximum absolute atomic E-state index is 13.0. The molecule has 2 heterocycles. The standard InChI is InChI=1S/C21H22N2O4S/c1-14-7-8-17(13-15(14)2)28(26,27)22-11-9-16(10-12-22)23-20(24)18-5-3-4-6-19(18)21(23)25/h3-8,13,16H,9-12H2,1-2H3. The average molecular weight is 398 g/mol. The van der Waals surface area contributed by atoms with Crippen LogP contribution in [0.5, 0.6) is 0 Å². The molecule has 28 heavy (non-hydrogen) atoms. The van der Waals surface area contributed by atoms with E-state index in [1.807, 2.05) is 19.9 Å². The van der Waals surface area contributed by atoms with Gasteiger partial charge >= 0.3 is 0 Å². The number of amides is 2. The van der Waals surface area contributed by atoms with Crippen LogP contribution < -0.4 is 0 Å². The smallest absolute Gasteiger partial charge is 0.261 e. The first kappa shape index (κ1) is 18.8. The van der Waals surface area contributed by atoms with Crippen LogP contribution in [0.25, 0.3) is 0 Å². The SMILES string of the molecule is Cc1ccc(S(=O)(=O)N2CCC(N3C(=O)c4ccccc4C3=O)CC2)cc1C. The molecule has 7 heteroatoms. The highest BCUT2D eigenvalue weighted by Gasteiger charge is 2.42. The van der Waals surface area contributed by atoms with Gasteiger partial charge in [-0.2, -0.15) is 4.31 Å². The molecule has 0 saturated carbocycles. The molecule has 2 aliphatic heterocycles. The first-order valence-corrected chi connectivity index (χ1v) is 10.8. The second kappa shape index (κ2) is 6.83. The Morgan fingerprint density at radius 2 is 1.43 bits per heavy atom. The number of hydrogen-bond acceptors (Lipinski definition) is 4. The van der Waals surface area contributed by atoms with E-state index in [1.54, 1.807) is 36.4 Å². The topological polar surface area (TPSA) is 74.8 Å². The van der Waals surface area contributed by atoms with Gasteiger partial charge in [0.25, 0.3) is 11.8 Å². The van der Waals surface area contributed by atoms with Gasteiger partial charge < -0.3 is 0 Å². The van der Waals surface area contributed by atoms with Crippen molar-refractivity contribution in [1.82, 2.24) is 9.21 Å². The molecule has 0 spiro atoms. The highest BCUT2D eigenvalue weighted by Crippen LogP contribution is 2.30. The Kier molecular flexibility index (Phi) is 4.59. The summed E-state index contributed by atoms with van der Waals surface area (Å²) in [7, 11) is -3.58. The number of aryl methyl sites for hydroxylation is 2. The maximum atomic E-state index is 13.0. The van der Waals surface area contributed by atoms with Crippen LogP contribution in [0.15, 0.2) is 47.4 Å². The van der Waals surface area contributed by atoms with Crippen molar-refractivity contribution in [2.45, 2.75) is 37.6 Å². The van der Waals surface area contributed by atoms with Crippen LogP contribution in [0, 0.1) is 13.8 Å². The zero-order valence-electron chi connectivity index (χ0n) is 15.9. The van der Waals surface area contributed by atoms with Crippen molar-refractivity contribution in [3.63, 3.8) is 0 Å². The average Bonchev–Trinajstić information content (AvgIpc) is 2.95. The Labute approximate surface area is 164 Å². The fourth-order valence-electron chi connectivity index (χ4n) is 3.90. The molecule has 0 unspecified atom stereocenters. The lowest BCUT2D eigenvalue weighted by Crippen LogP contribution is -2.48. The maximum Gasteiger partial charge on any atom is 0.261 e. The molecule has 2 aromatic carbocycles. The Morgan fingerprint density at radius 1 is 0.857 bits per heavy atom. The summed E-state index contributed by atoms with van der Waals surface area (Å²) in [6.07, 6.45) is 0.880. The van der Waals surface area contributed by atoms with Gasteiger partial charge in [-0.25, -0.2) is 8.42 Å². The molecule has 2 amide bonds. The van der Waals surface area contributed by atoms with E-state index in [2.05, 4.69) is 0 Å². The van der Waals surface area contributed by atoms with E-state index in [0.717, 1.165) is 11.1 Å². The molecule has 0 N–H and O–H groups in total. The molecule has 0 aromatic heterocycles. The fraction of sp³-hybridized carbons (Fsp3) is 0.333. The largest absolute Gasteiger partial charge is 0.271 e. The van der Waals surface area contributed by atoms with Gasteiger partial charge in [0.1, 0.15) is 0 Å². The third-order valence-electron chi connectivity index (χ3n) is 5.73. The van der Waals surface area contributed by atoms with Gasteiger partial charge in [-0.15, -0.1) is 0 Å². The van der Waals surface area contributed by atoms with Crippen molar-refractivity contribution in [2.75, 3.05) is 13.1 Å². The minimum absolute atomic E-state index is 0.279. The van der Waals surface area contributed by atoms with E-state index >= 15 is 0 Å². The van der Waals surface area contributed by atoms with Crippen molar-refractivity contribution in [2.24, 2.45) is 0 Å². The van der Waals surface area contributed by atoms with E-state index in [4.69, 9.17) is 0 Å². The number of benzene rings is 2. The second-order valence-electron chi connectivity index (χ2n) is 7.41. The molecule has 0 atom stereocenters. The number of hydrogen-bond donors (Lipinski definition) is 0. The van der Waals surface area contributed by atoms with E-state index in [-0.39, 0.29) is 35.8 Å². The predicted octanol–water partition coefficient (Wildman–Crippen LogP) is 2.75. The van der Waals surface area contributed by atoms with Crippen LogP contribution in [0.4, 0.5) is 0 Å². The quantitative estimate of drug-likeness (QED) is 0.745. The Balaban J connectivity index is 1.50. The van der Waals surface area contributed by atoms with Crippen LogP contribution >= 0.6 is 0 Å². The summed E-state index contributed by atoms with van der Waals surface area (Å²) < 4.78 is 27.4. The highest BCUT2D eigenvalue weighted by atomic mass is 32.2. The van der Waals surface area contributed by atoms with Crippen molar-refractivity contribution < 1.29 is 18.0 Å². The predicted molar refractivity (Wildman–Crippen MR) is 105 cm³/mol. The molecule has 0 aliphatic carbocycles. The Morgan fingerprint density at radius 3 is 1.96 bits per heavy atom. The summed E-state index contributed by atoms with van der Waals surface area (Å²) in [5.41, 5.74) is 2.83. The second-order valence-corrected chi connectivity index (χ2v) is 9.35. The van der Waals surface area contributed by atoms with Crippen molar-refractivity contribution in [1.29, 1.82) is 0 Å². The molecule has 2 aliphatic rings. The summed E-state index contributed by atoms with van der Waals surface area (Å²) in [5.74, 6) is -0.563. The first-order chi connectivity index (χ1) is 13.3. The lowest BCUT2D eigenvalue weighted by molar-refractivity contribution is 0.0536. The number of carbonyl (C=O) groups excluding carboxylic acids is 2. The minimum Gasteiger partial charge on any atom is -0.271 e. The molecular weight excluding hydrogens is 376 g/mol. The van der Waals surface area contributed by atoms with Gasteiger partial charge in [0.05, 0.1) is 16.0 Å². The Hall–Kier alpha value is -2.51. The van der Waals surface area contributed by atoms with Crippen molar-refractivity contribution >= 4 is 21.8 Å². The molecule has 0 bridgehead atoms. The number of rotatable bonds is 3. The van der Waals surface area contributed by atoms with E-state index in [0.29, 0.717) is 24.0 Å². The molecular formula is C21H22N2O4S. The molecule has 1 saturated heterocycles. The summed E-state index contributed by atoms with van der Waals surface area (Å²) >= 11 is 0. The molecule has 6 nitrogen and oxygen atoms in total. The molecule has 1 fully saturated rings. The van der Waals surface area contributed by atoms with Crippen LogP contribution in [0.3, 0.4) is 0 Å². The first-order valence-electron chi connectivity index (χ1n) is 9.35. The van der Waals surface area contributed by atoms with E-state index < -0.39 is 10.0 Å². The van der Waals surface area contributed by atoms with Gasteiger partial charge in [0, 0.05) is 19.1 Å². The zero-order chi connectivity index (χ0) is 20.1. The third-order valence-corrected chi connectivity index (χ3v) is 7.62. The van der Waals surface area contributed by atoms with Crippen LogP contribution in [-0.4, -0.2) is 48.6 Å². The van der Waals surface area contributed by atoms with Gasteiger partial charge in [-0.05, 0) is 62.1 Å². The Bertz CT molecular complexity index is 1030. The molecule has 0 radical (unpaired) electrons. The van der Waals surface area contributed by atoms with Gasteiger partial charge in [-0.1, -0.05) is 18.2 Å². The highest BCUT2D eigenvalue weighted by molar-refractivity contribution is 7.89. The number of sulfonamides is 1. The number of piperidine rings is 1. The number of imide groups is 1. The minimum atomic E-state index is -3.58. The summed E-state index contributed by atoms with van der Waals surface area (Å²) in [6, 6.07) is 11.7. The van der Waals surface area contributed by atoms with E-state index in [1.165, 1.54) is 9.21 Å². The fourth-order valence-corrected chi connectivity index (χ4v) is 5.46. The summed E-state index contributed by atoms with van der Waals surface area (Å²) in [6.45, 7) is 4.41. The van der Waals surface area contributed by atoms with Crippen LogP contribution in [0.1, 0.15) is 44.7 Å². The van der Waals surface area contributed by atoms with Crippen LogP contribution in [-0.2, 0) is 10.0 Å². The van der Waals surface area contributed by atoms with Gasteiger partial charge in [0.15, 0.2) is 0 Å². The van der Waals surface area contributed by atoms with Crippen LogP contribution in [0.2, 0.25) is 0 Å². The van der Waals surface area contributed by atoms with Crippen molar-refractivity contribution in [3.05, 3.63) is 64.7 Å². The molecule has 146 valence electrons. The number of nitrogens with zero attached hydrogens (tertiary/aromatic N) is 2. The molecule has 4 rings (SSSR count). The van der Waals surface area contributed by atoms with Gasteiger partial charge in [0.2, 0.25) is 10.0 Å². The van der Waals surface area contributed by atoms with Gasteiger partial charge in [-0.3, -0.25) is 14.5 Å². The normalized spacial score (nSPS) is 18.6. The third kappa shape index (κ3) is 2.95. The summed E-state index contributed by atoms with van der Waals surface area (Å²) in [4.78, 5) is 26.9. The number of fused-ring (bicyclic) bond motifs is 1. The zero-order valence-corrected chi connectivity index (χ0v) is 16.7. The number of carbonyl (C=O) groups is 2. The lowest BCUT2D eigenvalue weighted by atomic mass is 10.1. The summed E-state index contributed by atoms with van der Waals surface area (Å²) in [5, 5.41) is 0. The molecule has 2 aromatic rings. The van der Waals surface area contributed by atoms with E-state index in [9.17, 15) is 18.0 Å². The lowest BCUT2D eigenvalue weighted by Gasteiger charge is -2.35. The van der Waals surface area contributed by atoms with Crippen molar-refractivity contribution in [3.8, 4) is 0 Å². The monoisotopic (exact) mass is 398 g/mol.